The summed E-state index contributed by atoms with van der Waals surface area (Å²) in [5.74, 6) is -0.0987. The number of carbonyl (C=O) groups excluding carboxylic acids is 3. The summed E-state index contributed by atoms with van der Waals surface area (Å²) >= 11 is 0. The van der Waals surface area contributed by atoms with Gasteiger partial charge in [-0.15, -0.1) is 0 Å². The molecule has 0 bridgehead atoms. The lowest BCUT2D eigenvalue weighted by atomic mass is 9.91. The number of carbonyl (C=O) groups is 3. The van der Waals surface area contributed by atoms with E-state index in [1.54, 1.807) is 37.3 Å². The first-order chi connectivity index (χ1) is 20.2. The molecule has 1 aliphatic rings. The molecule has 1 fully saturated rings. The summed E-state index contributed by atoms with van der Waals surface area (Å²) in [6.45, 7) is 4.63. The van der Waals surface area contributed by atoms with E-state index in [1.165, 1.54) is 0 Å². The Balaban J connectivity index is 1.60. The van der Waals surface area contributed by atoms with Crippen molar-refractivity contribution in [2.75, 3.05) is 45.5 Å². The lowest BCUT2D eigenvalue weighted by Gasteiger charge is -2.32. The van der Waals surface area contributed by atoms with Crippen LogP contribution in [-0.4, -0.2) is 72.3 Å². The van der Waals surface area contributed by atoms with Gasteiger partial charge in [-0.3, -0.25) is 9.59 Å². The molecule has 5 N–H and O–H groups in total. The highest BCUT2D eigenvalue weighted by Crippen LogP contribution is 2.39. The SMILES string of the molecule is Cc1nc2ccc(-c3cccc(C(=O)N4CCN(C)CC4)c3)c(C(=O)CNC(N)=O)c2c(N)c1OCc1ccccc1. The van der Waals surface area contributed by atoms with Gasteiger partial charge in [0.25, 0.3) is 5.91 Å². The van der Waals surface area contributed by atoms with Gasteiger partial charge in [0.1, 0.15) is 6.61 Å². The number of anilines is 1. The summed E-state index contributed by atoms with van der Waals surface area (Å²) in [4.78, 5) is 47.3. The van der Waals surface area contributed by atoms with Gasteiger partial charge in [0, 0.05) is 42.7 Å². The Morgan fingerprint density at radius 2 is 1.71 bits per heavy atom. The number of aryl methyl sites for hydroxylation is 1. The molecular weight excluding hydrogens is 532 g/mol. The summed E-state index contributed by atoms with van der Waals surface area (Å²) in [7, 11) is 2.04. The monoisotopic (exact) mass is 566 g/mol. The van der Waals surface area contributed by atoms with Crippen molar-refractivity contribution in [1.82, 2.24) is 20.1 Å². The zero-order valence-electron chi connectivity index (χ0n) is 23.7. The number of nitrogen functional groups attached to an aromatic ring is 1. The Morgan fingerprint density at radius 1 is 0.976 bits per heavy atom. The Hall–Kier alpha value is -4.96. The second kappa shape index (κ2) is 12.3. The van der Waals surface area contributed by atoms with Crippen molar-refractivity contribution in [3.05, 3.63) is 89.1 Å². The van der Waals surface area contributed by atoms with Crippen molar-refractivity contribution < 1.29 is 19.1 Å². The van der Waals surface area contributed by atoms with Crippen molar-refractivity contribution in [3.8, 4) is 16.9 Å². The molecule has 0 aliphatic carbocycles. The molecule has 0 radical (unpaired) electrons. The third-order valence-electron chi connectivity index (χ3n) is 7.45. The Labute approximate surface area is 244 Å². The van der Waals surface area contributed by atoms with Crippen LogP contribution in [0.15, 0.2) is 66.7 Å². The molecule has 0 spiro atoms. The van der Waals surface area contributed by atoms with Crippen LogP contribution in [0.2, 0.25) is 0 Å². The number of nitrogens with two attached hydrogens (primary N) is 2. The van der Waals surface area contributed by atoms with E-state index in [9.17, 15) is 14.4 Å². The number of urea groups is 1. The second-order valence-electron chi connectivity index (χ2n) is 10.4. The number of Topliss-reactive ketones (excluding diaryl/α,β-unsaturated/α-hetero) is 1. The second-order valence-corrected chi connectivity index (χ2v) is 10.4. The number of fused-ring (bicyclic) bond motifs is 1. The molecule has 1 aliphatic heterocycles. The molecule has 5 rings (SSSR count). The van der Waals surface area contributed by atoms with Crippen LogP contribution < -0.4 is 21.5 Å². The third kappa shape index (κ3) is 6.03. The van der Waals surface area contributed by atoms with Crippen molar-refractivity contribution in [2.45, 2.75) is 13.5 Å². The van der Waals surface area contributed by atoms with E-state index >= 15 is 0 Å². The normalized spacial score (nSPS) is 13.6. The van der Waals surface area contributed by atoms with Gasteiger partial charge < -0.3 is 31.3 Å². The van der Waals surface area contributed by atoms with Crippen molar-refractivity contribution in [2.24, 2.45) is 5.73 Å². The van der Waals surface area contributed by atoms with E-state index in [0.717, 1.165) is 18.7 Å². The number of piperazine rings is 1. The van der Waals surface area contributed by atoms with Crippen molar-refractivity contribution >= 4 is 34.3 Å². The van der Waals surface area contributed by atoms with Crippen LogP contribution in [-0.2, 0) is 6.61 Å². The number of primary amides is 1. The highest BCUT2D eigenvalue weighted by molar-refractivity contribution is 6.17. The quantitative estimate of drug-likeness (QED) is 0.276. The minimum atomic E-state index is -0.821. The molecule has 4 aromatic rings. The predicted octanol–water partition coefficient (Wildman–Crippen LogP) is 3.61. The van der Waals surface area contributed by atoms with Crippen LogP contribution in [0, 0.1) is 6.92 Å². The number of pyridine rings is 1. The summed E-state index contributed by atoms with van der Waals surface area (Å²) in [6.07, 6.45) is 0. The fourth-order valence-corrected chi connectivity index (χ4v) is 5.21. The number of ketones is 1. The number of amides is 3. The largest absolute Gasteiger partial charge is 0.485 e. The fourth-order valence-electron chi connectivity index (χ4n) is 5.21. The van der Waals surface area contributed by atoms with Gasteiger partial charge >= 0.3 is 6.03 Å². The molecule has 1 aromatic heterocycles. The molecule has 10 nitrogen and oxygen atoms in total. The minimum Gasteiger partial charge on any atom is -0.485 e. The number of aromatic nitrogens is 1. The average molecular weight is 567 g/mol. The molecule has 3 amide bonds. The first-order valence-electron chi connectivity index (χ1n) is 13.8. The maximum absolute atomic E-state index is 13.7. The lowest BCUT2D eigenvalue weighted by Crippen LogP contribution is -2.47. The number of nitrogens with zero attached hydrogens (tertiary/aromatic N) is 3. The number of hydrogen-bond acceptors (Lipinski definition) is 7. The van der Waals surface area contributed by atoms with E-state index in [2.05, 4.69) is 10.2 Å². The number of hydrogen-bond donors (Lipinski definition) is 3. The zero-order valence-corrected chi connectivity index (χ0v) is 23.7. The molecule has 1 saturated heterocycles. The van der Waals surface area contributed by atoms with E-state index in [1.807, 2.05) is 48.3 Å². The first kappa shape index (κ1) is 28.6. The highest BCUT2D eigenvalue weighted by atomic mass is 16.5. The number of nitrogens with one attached hydrogen (secondary N) is 1. The van der Waals surface area contributed by atoms with Crippen LogP contribution in [0.25, 0.3) is 22.0 Å². The smallest absolute Gasteiger partial charge is 0.312 e. The van der Waals surface area contributed by atoms with Crippen molar-refractivity contribution in [3.63, 3.8) is 0 Å². The molecule has 2 heterocycles. The maximum atomic E-state index is 13.7. The fraction of sp³-hybridized carbons (Fsp3) is 0.250. The lowest BCUT2D eigenvalue weighted by molar-refractivity contribution is 0.0664. The number of benzene rings is 3. The molecular formula is C32H34N6O4. The van der Waals surface area contributed by atoms with E-state index in [0.29, 0.717) is 52.1 Å². The highest BCUT2D eigenvalue weighted by Gasteiger charge is 2.25. The van der Waals surface area contributed by atoms with Crippen LogP contribution in [0.3, 0.4) is 0 Å². The van der Waals surface area contributed by atoms with Gasteiger partial charge in [0.2, 0.25) is 0 Å². The predicted molar refractivity (Wildman–Crippen MR) is 162 cm³/mol. The summed E-state index contributed by atoms with van der Waals surface area (Å²) in [5, 5.41) is 2.80. The van der Waals surface area contributed by atoms with Crippen LogP contribution in [0.5, 0.6) is 5.75 Å². The minimum absolute atomic E-state index is 0.0672. The van der Waals surface area contributed by atoms with E-state index in [4.69, 9.17) is 21.2 Å². The summed E-state index contributed by atoms with van der Waals surface area (Å²) in [6, 6.07) is 19.6. The van der Waals surface area contributed by atoms with Gasteiger partial charge in [-0.05, 0) is 48.9 Å². The van der Waals surface area contributed by atoms with Crippen LogP contribution in [0.4, 0.5) is 10.5 Å². The van der Waals surface area contributed by atoms with E-state index < -0.39 is 11.8 Å². The number of rotatable bonds is 8. The Kier molecular flexibility index (Phi) is 8.35. The maximum Gasteiger partial charge on any atom is 0.312 e. The Bertz CT molecular complexity index is 1650. The van der Waals surface area contributed by atoms with Gasteiger partial charge in [-0.2, -0.15) is 0 Å². The molecule has 0 saturated carbocycles. The van der Waals surface area contributed by atoms with Gasteiger partial charge in [-0.1, -0.05) is 48.5 Å². The topological polar surface area (TPSA) is 144 Å². The van der Waals surface area contributed by atoms with E-state index in [-0.39, 0.29) is 30.3 Å². The average Bonchev–Trinajstić information content (AvgIpc) is 2.99. The zero-order chi connectivity index (χ0) is 29.8. The molecule has 0 unspecified atom stereocenters. The summed E-state index contributed by atoms with van der Waals surface area (Å²) < 4.78 is 6.12. The molecule has 216 valence electrons. The molecule has 42 heavy (non-hydrogen) atoms. The van der Waals surface area contributed by atoms with Crippen molar-refractivity contribution in [1.29, 1.82) is 0 Å². The number of likely N-dealkylation sites (N-methyl/N-ethyl adjacent to an activating group) is 1. The molecule has 3 aromatic carbocycles. The first-order valence-corrected chi connectivity index (χ1v) is 13.8. The summed E-state index contributed by atoms with van der Waals surface area (Å²) in [5.41, 5.74) is 16.3. The Morgan fingerprint density at radius 3 is 2.43 bits per heavy atom. The molecule has 10 heteroatoms. The third-order valence-corrected chi connectivity index (χ3v) is 7.45. The molecule has 0 atom stereocenters. The van der Waals surface area contributed by atoms with Crippen LogP contribution in [0.1, 0.15) is 32.0 Å². The van der Waals surface area contributed by atoms with Crippen LogP contribution >= 0.6 is 0 Å². The standard InChI is InChI=1S/C32H34N6O4/c1-20-30(42-19-21-7-4-3-5-8-21)29(33)28-25(36-20)12-11-24(27(28)26(39)18-35-32(34)41)22-9-6-10-23(17-22)31(40)38-15-13-37(2)14-16-38/h3-12,17H,13-16,18-19H2,1-2H3,(H2,33,36)(H3,34,35,41). The number of ether oxygens (including phenoxy) is 1. The van der Waals surface area contributed by atoms with Gasteiger partial charge in [-0.25, -0.2) is 9.78 Å². The van der Waals surface area contributed by atoms with Gasteiger partial charge in [0.15, 0.2) is 11.5 Å². The van der Waals surface area contributed by atoms with Gasteiger partial charge in [0.05, 0.1) is 23.4 Å².